The maximum atomic E-state index is 4.56. The van der Waals surface area contributed by atoms with Gasteiger partial charge >= 0.3 is 0 Å². The molecule has 0 amide bonds. The number of aryl methyl sites for hydroxylation is 1. The highest BCUT2D eigenvalue weighted by Crippen LogP contribution is 2.31. The number of rotatable bonds is 1. The Hall–Kier alpha value is -1.09. The molecule has 0 saturated carbocycles. The summed E-state index contributed by atoms with van der Waals surface area (Å²) in [5, 5.41) is 3.51. The average molecular weight is 217 g/mol. The van der Waals surface area contributed by atoms with Crippen LogP contribution in [0.15, 0.2) is 18.3 Å². The normalized spacial score (nSPS) is 29.2. The van der Waals surface area contributed by atoms with Crippen molar-refractivity contribution < 1.29 is 0 Å². The molecular formula is C13H19N3. The van der Waals surface area contributed by atoms with Crippen LogP contribution in [-0.4, -0.2) is 30.7 Å². The van der Waals surface area contributed by atoms with E-state index in [4.69, 9.17) is 0 Å². The van der Waals surface area contributed by atoms with Crippen LogP contribution in [-0.2, 0) is 0 Å². The lowest BCUT2D eigenvalue weighted by Crippen LogP contribution is -2.45. The van der Waals surface area contributed by atoms with Crippen LogP contribution in [0.1, 0.15) is 18.4 Å². The van der Waals surface area contributed by atoms with E-state index in [1.807, 2.05) is 12.3 Å². The van der Waals surface area contributed by atoms with Crippen LogP contribution in [0.4, 0.5) is 5.82 Å². The Labute approximate surface area is 96.9 Å². The first-order chi connectivity index (χ1) is 7.86. The summed E-state index contributed by atoms with van der Waals surface area (Å²) in [6.45, 7) is 5.64. The van der Waals surface area contributed by atoms with Gasteiger partial charge in [0.25, 0.3) is 0 Å². The van der Waals surface area contributed by atoms with Gasteiger partial charge in [0.15, 0.2) is 0 Å². The lowest BCUT2D eigenvalue weighted by atomic mass is 9.92. The zero-order valence-electron chi connectivity index (χ0n) is 9.82. The van der Waals surface area contributed by atoms with Crippen molar-refractivity contribution in [2.45, 2.75) is 25.8 Å². The van der Waals surface area contributed by atoms with Gasteiger partial charge < -0.3 is 10.2 Å². The van der Waals surface area contributed by atoms with Gasteiger partial charge in [0.05, 0.1) is 0 Å². The number of anilines is 1. The fourth-order valence-electron chi connectivity index (χ4n) is 3.11. The van der Waals surface area contributed by atoms with E-state index in [0.717, 1.165) is 12.5 Å². The molecule has 0 bridgehead atoms. The van der Waals surface area contributed by atoms with Crippen LogP contribution in [0.5, 0.6) is 0 Å². The first-order valence-corrected chi connectivity index (χ1v) is 6.25. The van der Waals surface area contributed by atoms with Crippen molar-refractivity contribution in [1.29, 1.82) is 0 Å². The number of aromatic nitrogens is 1. The lowest BCUT2D eigenvalue weighted by molar-refractivity contribution is 0.383. The third kappa shape index (κ3) is 1.59. The molecule has 0 radical (unpaired) electrons. The molecular weight excluding hydrogens is 198 g/mol. The van der Waals surface area contributed by atoms with Crippen molar-refractivity contribution in [3.8, 4) is 0 Å². The molecule has 3 nitrogen and oxygen atoms in total. The van der Waals surface area contributed by atoms with E-state index >= 15 is 0 Å². The number of piperidine rings is 1. The van der Waals surface area contributed by atoms with E-state index in [2.05, 4.69) is 28.2 Å². The maximum absolute atomic E-state index is 4.56. The summed E-state index contributed by atoms with van der Waals surface area (Å²) in [5.74, 6) is 2.02. The fourth-order valence-corrected chi connectivity index (χ4v) is 3.11. The van der Waals surface area contributed by atoms with Crippen molar-refractivity contribution in [2.24, 2.45) is 5.92 Å². The molecule has 86 valence electrons. The van der Waals surface area contributed by atoms with E-state index in [0.29, 0.717) is 6.04 Å². The van der Waals surface area contributed by atoms with Gasteiger partial charge in [0.2, 0.25) is 0 Å². The molecule has 16 heavy (non-hydrogen) atoms. The molecule has 1 aromatic rings. The zero-order chi connectivity index (χ0) is 11.0. The Bertz CT molecular complexity index is 377. The Balaban J connectivity index is 1.91. The van der Waals surface area contributed by atoms with Crippen LogP contribution < -0.4 is 10.2 Å². The van der Waals surface area contributed by atoms with Gasteiger partial charge in [-0.25, -0.2) is 4.98 Å². The van der Waals surface area contributed by atoms with Crippen molar-refractivity contribution >= 4 is 5.82 Å². The highest BCUT2D eigenvalue weighted by atomic mass is 15.3. The largest absolute Gasteiger partial charge is 0.352 e. The molecule has 2 unspecified atom stereocenters. The molecule has 3 rings (SSSR count). The molecule has 2 atom stereocenters. The molecule has 2 saturated heterocycles. The summed E-state index contributed by atoms with van der Waals surface area (Å²) in [5.41, 5.74) is 1.30. The molecule has 0 aliphatic carbocycles. The van der Waals surface area contributed by atoms with Gasteiger partial charge in [0, 0.05) is 31.9 Å². The Kier molecular flexibility index (Phi) is 2.56. The maximum Gasteiger partial charge on any atom is 0.131 e. The number of nitrogens with one attached hydrogen (secondary N) is 1. The number of pyridine rings is 1. The molecule has 3 heteroatoms. The Morgan fingerprint density at radius 2 is 2.38 bits per heavy atom. The van der Waals surface area contributed by atoms with Crippen molar-refractivity contribution in [1.82, 2.24) is 10.3 Å². The van der Waals surface area contributed by atoms with Gasteiger partial charge in [-0.15, -0.1) is 0 Å². The molecule has 3 heterocycles. The van der Waals surface area contributed by atoms with E-state index < -0.39 is 0 Å². The average Bonchev–Trinajstić information content (AvgIpc) is 2.77. The minimum Gasteiger partial charge on any atom is -0.352 e. The van der Waals surface area contributed by atoms with Crippen molar-refractivity contribution in [2.75, 3.05) is 24.5 Å². The summed E-state index contributed by atoms with van der Waals surface area (Å²) in [7, 11) is 0. The van der Waals surface area contributed by atoms with E-state index in [1.54, 1.807) is 0 Å². The van der Waals surface area contributed by atoms with Crippen molar-refractivity contribution in [3.05, 3.63) is 23.9 Å². The minimum absolute atomic E-state index is 0.669. The van der Waals surface area contributed by atoms with Crippen LogP contribution in [0.3, 0.4) is 0 Å². The van der Waals surface area contributed by atoms with E-state index in [9.17, 15) is 0 Å². The molecule has 2 fully saturated rings. The summed E-state index contributed by atoms with van der Waals surface area (Å²) in [6, 6.07) is 4.85. The standard InChI is InChI=1S/C13H19N3/c1-10-4-2-6-15-13(10)16-7-3-5-11-8-14-9-12(11)16/h2,4,6,11-12,14H,3,5,7-9H2,1H3. The van der Waals surface area contributed by atoms with Gasteiger partial charge in [0.1, 0.15) is 5.82 Å². The van der Waals surface area contributed by atoms with Crippen LogP contribution in [0, 0.1) is 12.8 Å². The lowest BCUT2D eigenvalue weighted by Gasteiger charge is -2.38. The Morgan fingerprint density at radius 1 is 1.44 bits per heavy atom. The topological polar surface area (TPSA) is 28.2 Å². The molecule has 1 aromatic heterocycles. The van der Waals surface area contributed by atoms with Crippen LogP contribution in [0.2, 0.25) is 0 Å². The number of hydrogen-bond acceptors (Lipinski definition) is 3. The third-order valence-corrected chi connectivity index (χ3v) is 3.93. The molecule has 2 aliphatic heterocycles. The predicted octanol–water partition coefficient (Wildman–Crippen LogP) is 1.58. The first-order valence-electron chi connectivity index (χ1n) is 6.25. The summed E-state index contributed by atoms with van der Waals surface area (Å²) < 4.78 is 0. The number of fused-ring (bicyclic) bond motifs is 1. The molecule has 0 aromatic carbocycles. The van der Waals surface area contributed by atoms with E-state index in [1.165, 1.54) is 37.3 Å². The molecule has 1 N–H and O–H groups in total. The quantitative estimate of drug-likeness (QED) is 0.774. The van der Waals surface area contributed by atoms with Crippen LogP contribution >= 0.6 is 0 Å². The van der Waals surface area contributed by atoms with Crippen LogP contribution in [0.25, 0.3) is 0 Å². The van der Waals surface area contributed by atoms with Gasteiger partial charge in [-0.05, 0) is 37.3 Å². The second-order valence-electron chi connectivity index (χ2n) is 4.97. The fraction of sp³-hybridized carbons (Fsp3) is 0.615. The highest BCUT2D eigenvalue weighted by molar-refractivity contribution is 5.48. The Morgan fingerprint density at radius 3 is 3.25 bits per heavy atom. The summed E-state index contributed by atoms with van der Waals surface area (Å²) in [6.07, 6.45) is 4.59. The van der Waals surface area contributed by atoms with Gasteiger partial charge in [-0.2, -0.15) is 0 Å². The highest BCUT2D eigenvalue weighted by Gasteiger charge is 2.35. The summed E-state index contributed by atoms with van der Waals surface area (Å²) >= 11 is 0. The third-order valence-electron chi connectivity index (χ3n) is 3.93. The van der Waals surface area contributed by atoms with Crippen molar-refractivity contribution in [3.63, 3.8) is 0 Å². The van der Waals surface area contributed by atoms with Gasteiger partial charge in [-0.3, -0.25) is 0 Å². The molecule has 0 spiro atoms. The number of hydrogen-bond donors (Lipinski definition) is 1. The zero-order valence-corrected chi connectivity index (χ0v) is 9.82. The second-order valence-corrected chi connectivity index (χ2v) is 4.97. The molecule has 2 aliphatic rings. The smallest absolute Gasteiger partial charge is 0.131 e. The predicted molar refractivity (Wildman–Crippen MR) is 65.7 cm³/mol. The van der Waals surface area contributed by atoms with E-state index in [-0.39, 0.29) is 0 Å². The minimum atomic E-state index is 0.669. The summed E-state index contributed by atoms with van der Waals surface area (Å²) in [4.78, 5) is 7.08. The second kappa shape index (κ2) is 4.06. The first kappa shape index (κ1) is 10.1. The monoisotopic (exact) mass is 217 g/mol. The van der Waals surface area contributed by atoms with Gasteiger partial charge in [-0.1, -0.05) is 6.07 Å². The number of nitrogens with zero attached hydrogens (tertiary/aromatic N) is 2. The SMILES string of the molecule is Cc1cccnc1N1CCCC2CNCC21.